The van der Waals surface area contributed by atoms with Crippen molar-refractivity contribution in [3.05, 3.63) is 23.5 Å². The number of hydrogen-bond donors (Lipinski definition) is 1. The quantitative estimate of drug-likeness (QED) is 0.125. The molecule has 0 fully saturated rings. The molecule has 0 bridgehead atoms. The van der Waals surface area contributed by atoms with Crippen LogP contribution in [0.1, 0.15) is 170 Å². The van der Waals surface area contributed by atoms with Crippen molar-refractivity contribution in [1.82, 2.24) is 0 Å². The smallest absolute Gasteiger partial charge is 0.305 e. The number of carbonyl (C=O) groups excluding carboxylic acids is 1. The highest BCUT2D eigenvalue weighted by Gasteiger charge is 2.43. The zero-order valence-electron chi connectivity index (χ0n) is 26.6. The number of allylic oxidation sites excluding steroid dienone is 3. The summed E-state index contributed by atoms with van der Waals surface area (Å²) in [6.45, 7) is 15.9. The Bertz CT molecular complexity index is 704. The highest BCUT2D eigenvalue weighted by molar-refractivity contribution is 5.69. The molecular formula is C35H64O3. The summed E-state index contributed by atoms with van der Waals surface area (Å²) in [5, 5.41) is 10.5. The zero-order chi connectivity index (χ0) is 28.5. The highest BCUT2D eigenvalue weighted by atomic mass is 16.5. The molecule has 1 rings (SSSR count). The highest BCUT2D eigenvalue weighted by Crippen LogP contribution is 2.52. The largest absolute Gasteiger partial charge is 0.508 e. The van der Waals surface area contributed by atoms with Crippen LogP contribution in [0.2, 0.25) is 0 Å². The molecule has 222 valence electrons. The summed E-state index contributed by atoms with van der Waals surface area (Å²) in [6.07, 6.45) is 27.7. The zero-order valence-corrected chi connectivity index (χ0v) is 26.6. The molecule has 1 unspecified atom stereocenters. The molecule has 3 heteroatoms. The van der Waals surface area contributed by atoms with Gasteiger partial charge in [0.25, 0.3) is 0 Å². The second-order valence-corrected chi connectivity index (χ2v) is 14.0. The average Bonchev–Trinajstić information content (AvgIpc) is 2.84. The van der Waals surface area contributed by atoms with E-state index in [4.69, 9.17) is 4.74 Å². The minimum Gasteiger partial charge on any atom is -0.508 e. The Kier molecular flexibility index (Phi) is 16.6. The minimum absolute atomic E-state index is 0.0190. The van der Waals surface area contributed by atoms with E-state index in [1.165, 1.54) is 89.9 Å². The van der Waals surface area contributed by atoms with Crippen LogP contribution in [0, 0.1) is 16.2 Å². The summed E-state index contributed by atoms with van der Waals surface area (Å²) in [4.78, 5) is 12.6. The normalized spacial score (nSPS) is 18.3. The second-order valence-electron chi connectivity index (χ2n) is 14.0. The van der Waals surface area contributed by atoms with Crippen molar-refractivity contribution < 1.29 is 14.6 Å². The third kappa shape index (κ3) is 13.7. The van der Waals surface area contributed by atoms with Crippen LogP contribution in [0.3, 0.4) is 0 Å². The first-order chi connectivity index (χ1) is 17.9. The van der Waals surface area contributed by atoms with Gasteiger partial charge in [0, 0.05) is 6.42 Å². The first-order valence-corrected chi connectivity index (χ1v) is 16.2. The lowest BCUT2D eigenvalue weighted by Crippen LogP contribution is -2.37. The van der Waals surface area contributed by atoms with Gasteiger partial charge in [0.1, 0.15) is 5.76 Å². The third-order valence-corrected chi connectivity index (χ3v) is 8.69. The van der Waals surface area contributed by atoms with Crippen LogP contribution in [0.4, 0.5) is 0 Å². The SMILES string of the molecule is CCCCCCCCCCCCCCCCCCOC(=O)CCC1(C(C)(C)C)C=C(C(C)(C)C)C(O)=CC1. The van der Waals surface area contributed by atoms with Gasteiger partial charge in [0.2, 0.25) is 0 Å². The van der Waals surface area contributed by atoms with E-state index in [-0.39, 0.29) is 22.2 Å². The van der Waals surface area contributed by atoms with Gasteiger partial charge < -0.3 is 9.84 Å². The molecule has 0 aliphatic heterocycles. The Hall–Kier alpha value is -1.25. The molecule has 0 radical (unpaired) electrons. The van der Waals surface area contributed by atoms with Gasteiger partial charge in [0.05, 0.1) is 6.61 Å². The fourth-order valence-corrected chi connectivity index (χ4v) is 5.70. The van der Waals surface area contributed by atoms with Gasteiger partial charge in [0.15, 0.2) is 0 Å². The van der Waals surface area contributed by atoms with Crippen molar-refractivity contribution in [3.63, 3.8) is 0 Å². The molecule has 0 aromatic carbocycles. The maximum Gasteiger partial charge on any atom is 0.305 e. The lowest BCUT2D eigenvalue weighted by molar-refractivity contribution is -0.144. The number of hydrogen-bond acceptors (Lipinski definition) is 3. The Morgan fingerprint density at radius 3 is 1.66 bits per heavy atom. The lowest BCUT2D eigenvalue weighted by atomic mass is 9.59. The van der Waals surface area contributed by atoms with Crippen LogP contribution in [0.15, 0.2) is 23.5 Å². The van der Waals surface area contributed by atoms with Crippen molar-refractivity contribution in [2.75, 3.05) is 6.61 Å². The molecule has 0 aromatic heterocycles. The second kappa shape index (κ2) is 18.2. The van der Waals surface area contributed by atoms with E-state index < -0.39 is 0 Å². The first-order valence-electron chi connectivity index (χ1n) is 16.2. The van der Waals surface area contributed by atoms with Crippen molar-refractivity contribution in [2.45, 2.75) is 170 Å². The standard InChI is InChI=1S/C35H64O3/c1-8-9-10-11-12-13-14-15-16-17-18-19-20-21-22-23-28-38-32(37)25-27-35(34(5,6)7)26-24-31(36)30(29-35)33(2,3)4/h24,29,36H,8-23,25-28H2,1-7H3. The molecule has 0 saturated carbocycles. The van der Waals surface area contributed by atoms with Crippen LogP contribution < -0.4 is 0 Å². The molecule has 0 spiro atoms. The van der Waals surface area contributed by atoms with Crippen molar-refractivity contribution in [3.8, 4) is 0 Å². The summed E-state index contributed by atoms with van der Waals surface area (Å²) < 4.78 is 5.60. The number of aliphatic hydroxyl groups excluding tert-OH is 1. The maximum atomic E-state index is 12.6. The van der Waals surface area contributed by atoms with Crippen LogP contribution >= 0.6 is 0 Å². The summed E-state index contributed by atoms with van der Waals surface area (Å²) in [6, 6.07) is 0. The summed E-state index contributed by atoms with van der Waals surface area (Å²) in [5.74, 6) is 0.308. The molecule has 0 saturated heterocycles. The van der Waals surface area contributed by atoms with E-state index in [1.807, 2.05) is 6.08 Å². The topological polar surface area (TPSA) is 46.5 Å². The molecule has 1 aliphatic carbocycles. The molecule has 1 atom stereocenters. The van der Waals surface area contributed by atoms with Gasteiger partial charge in [-0.15, -0.1) is 0 Å². The van der Waals surface area contributed by atoms with Gasteiger partial charge in [-0.05, 0) is 47.2 Å². The van der Waals surface area contributed by atoms with Crippen LogP contribution in [0.5, 0.6) is 0 Å². The van der Waals surface area contributed by atoms with E-state index in [0.29, 0.717) is 18.8 Å². The van der Waals surface area contributed by atoms with Crippen LogP contribution in [-0.2, 0) is 9.53 Å². The molecular weight excluding hydrogens is 468 g/mol. The lowest BCUT2D eigenvalue weighted by Gasteiger charge is -2.46. The predicted octanol–water partition coefficient (Wildman–Crippen LogP) is 11.4. The fraction of sp³-hybridized carbons (Fsp3) is 0.857. The van der Waals surface area contributed by atoms with E-state index in [9.17, 15) is 9.90 Å². The number of unbranched alkanes of at least 4 members (excludes halogenated alkanes) is 15. The Balaban J connectivity index is 2.14. The van der Waals surface area contributed by atoms with Crippen LogP contribution in [0.25, 0.3) is 0 Å². The van der Waals surface area contributed by atoms with Gasteiger partial charge in [-0.25, -0.2) is 0 Å². The average molecular weight is 533 g/mol. The number of carbonyl (C=O) groups is 1. The van der Waals surface area contributed by atoms with E-state index in [1.54, 1.807) is 0 Å². The van der Waals surface area contributed by atoms with E-state index in [2.05, 4.69) is 54.5 Å². The molecule has 3 nitrogen and oxygen atoms in total. The van der Waals surface area contributed by atoms with Crippen molar-refractivity contribution >= 4 is 5.97 Å². The Labute approximate surface area is 237 Å². The van der Waals surface area contributed by atoms with Crippen molar-refractivity contribution in [1.29, 1.82) is 0 Å². The molecule has 0 aromatic rings. The monoisotopic (exact) mass is 532 g/mol. The number of aliphatic hydroxyl groups is 1. The van der Waals surface area contributed by atoms with Gasteiger partial charge in [-0.3, -0.25) is 4.79 Å². The van der Waals surface area contributed by atoms with Crippen LogP contribution in [-0.4, -0.2) is 17.7 Å². The van der Waals surface area contributed by atoms with E-state index >= 15 is 0 Å². The molecule has 1 N–H and O–H groups in total. The maximum absolute atomic E-state index is 12.6. The summed E-state index contributed by atoms with van der Waals surface area (Å²) in [7, 11) is 0. The number of esters is 1. The summed E-state index contributed by atoms with van der Waals surface area (Å²) in [5.41, 5.74) is 0.676. The molecule has 38 heavy (non-hydrogen) atoms. The third-order valence-electron chi connectivity index (χ3n) is 8.69. The van der Waals surface area contributed by atoms with Gasteiger partial charge in [-0.2, -0.15) is 0 Å². The molecule has 0 heterocycles. The Morgan fingerprint density at radius 1 is 0.789 bits per heavy atom. The van der Waals surface area contributed by atoms with E-state index in [0.717, 1.165) is 31.3 Å². The number of ether oxygens (including phenoxy) is 1. The number of rotatable bonds is 20. The van der Waals surface area contributed by atoms with Gasteiger partial charge >= 0.3 is 5.97 Å². The van der Waals surface area contributed by atoms with Crippen molar-refractivity contribution in [2.24, 2.45) is 16.2 Å². The first kappa shape index (κ1) is 34.8. The van der Waals surface area contributed by atoms with Gasteiger partial charge in [-0.1, -0.05) is 151 Å². The molecule has 0 amide bonds. The minimum atomic E-state index is -0.158. The predicted molar refractivity (Wildman–Crippen MR) is 164 cm³/mol. The summed E-state index contributed by atoms with van der Waals surface area (Å²) >= 11 is 0. The Morgan fingerprint density at radius 2 is 1.24 bits per heavy atom. The fourth-order valence-electron chi connectivity index (χ4n) is 5.70. The molecule has 1 aliphatic rings.